The summed E-state index contributed by atoms with van der Waals surface area (Å²) in [5, 5.41) is 9.35. The molecule has 2 atom stereocenters. The number of thiocarbonyl (C=S) groups is 1. The van der Waals surface area contributed by atoms with Crippen LogP contribution < -0.4 is 10.6 Å². The van der Waals surface area contributed by atoms with Crippen LogP contribution in [-0.4, -0.2) is 37.0 Å². The summed E-state index contributed by atoms with van der Waals surface area (Å²) in [6, 6.07) is 25.8. The van der Waals surface area contributed by atoms with Gasteiger partial charge in [-0.05, 0) is 73.4 Å². The summed E-state index contributed by atoms with van der Waals surface area (Å²) in [6.45, 7) is 4.69. The van der Waals surface area contributed by atoms with Gasteiger partial charge >= 0.3 is 0 Å². The van der Waals surface area contributed by atoms with E-state index in [1.807, 2.05) is 72.9 Å². The molecule has 0 radical (unpaired) electrons. The number of benzene rings is 2. The molecule has 1 amide bonds. The highest BCUT2D eigenvalue weighted by atomic mass is 32.1. The van der Waals surface area contributed by atoms with Gasteiger partial charge in [0.2, 0.25) is 5.91 Å². The van der Waals surface area contributed by atoms with Crippen molar-refractivity contribution < 1.29 is 4.79 Å². The Hall–Kier alpha value is -4.56. The molecule has 8 heteroatoms. The van der Waals surface area contributed by atoms with Gasteiger partial charge in [0.05, 0.1) is 29.7 Å². The quantitative estimate of drug-likeness (QED) is 0.243. The third-order valence-corrected chi connectivity index (χ3v) is 7.89. The number of carbonyl (C=O) groups is 1. The van der Waals surface area contributed by atoms with Crippen LogP contribution in [0.25, 0.3) is 16.5 Å². The molecule has 40 heavy (non-hydrogen) atoms. The van der Waals surface area contributed by atoms with E-state index in [-0.39, 0.29) is 24.4 Å². The molecule has 2 aromatic carbocycles. The lowest BCUT2D eigenvalue weighted by Crippen LogP contribution is -2.33. The molecule has 0 bridgehead atoms. The highest BCUT2D eigenvalue weighted by Crippen LogP contribution is 2.41. The topological polar surface area (TPSA) is 75.1 Å². The van der Waals surface area contributed by atoms with Crippen molar-refractivity contribution >= 4 is 39.7 Å². The average molecular weight is 547 g/mol. The monoisotopic (exact) mass is 546 g/mol. The molecule has 1 saturated heterocycles. The van der Waals surface area contributed by atoms with E-state index in [1.165, 1.54) is 0 Å². The molecule has 1 fully saturated rings. The molecular formula is C32H30N6OS. The van der Waals surface area contributed by atoms with Gasteiger partial charge in [-0.1, -0.05) is 42.5 Å². The van der Waals surface area contributed by atoms with Gasteiger partial charge in [-0.15, -0.1) is 0 Å². The highest BCUT2D eigenvalue weighted by molar-refractivity contribution is 7.80. The summed E-state index contributed by atoms with van der Waals surface area (Å²) in [7, 11) is 0. The second kappa shape index (κ2) is 10.9. The first-order valence-electron chi connectivity index (χ1n) is 13.4. The maximum atomic E-state index is 13.2. The fourth-order valence-electron chi connectivity index (χ4n) is 5.72. The second-order valence-electron chi connectivity index (χ2n) is 10.0. The Morgan fingerprint density at radius 1 is 1.00 bits per heavy atom. The van der Waals surface area contributed by atoms with Crippen molar-refractivity contribution in [3.63, 3.8) is 0 Å². The largest absolute Gasteiger partial charge is 0.352 e. The van der Waals surface area contributed by atoms with Gasteiger partial charge in [0, 0.05) is 47.8 Å². The van der Waals surface area contributed by atoms with E-state index in [0.717, 1.165) is 44.8 Å². The molecule has 0 aliphatic carbocycles. The number of amides is 1. The van der Waals surface area contributed by atoms with Crippen molar-refractivity contribution in [1.29, 1.82) is 0 Å². The number of aromatic nitrogens is 3. The van der Waals surface area contributed by atoms with Crippen molar-refractivity contribution in [3.8, 4) is 5.69 Å². The van der Waals surface area contributed by atoms with Gasteiger partial charge in [0.15, 0.2) is 5.11 Å². The summed E-state index contributed by atoms with van der Waals surface area (Å²) in [4.78, 5) is 24.3. The van der Waals surface area contributed by atoms with Crippen LogP contribution >= 0.6 is 12.2 Å². The standard InChI is InChI=1S/C32H30N6OS/c1-21-19-26(22(2)38(21)24-11-8-16-33-20-24)31-30(28-13-5-6-17-34-28)36-32(40)37(31)18-15-29(39)35-27-14-7-10-23-9-3-4-12-25(23)27/h3-14,16-17,19-20,30-31H,15,18H2,1-2H3,(H,35,39)(H,36,40). The molecule has 0 spiro atoms. The maximum Gasteiger partial charge on any atom is 0.226 e. The molecule has 2 N–H and O–H groups in total. The third-order valence-electron chi connectivity index (χ3n) is 7.53. The van der Waals surface area contributed by atoms with Gasteiger partial charge < -0.3 is 20.1 Å². The maximum absolute atomic E-state index is 13.2. The van der Waals surface area contributed by atoms with E-state index in [0.29, 0.717) is 11.7 Å². The van der Waals surface area contributed by atoms with E-state index in [4.69, 9.17) is 12.2 Å². The number of rotatable bonds is 7. The van der Waals surface area contributed by atoms with Gasteiger partial charge in [-0.3, -0.25) is 14.8 Å². The first kappa shape index (κ1) is 25.7. The number of pyridine rings is 2. The Labute approximate surface area is 238 Å². The molecule has 1 aliphatic heterocycles. The molecule has 3 aromatic heterocycles. The normalized spacial score (nSPS) is 16.8. The molecule has 200 valence electrons. The minimum Gasteiger partial charge on any atom is -0.352 e. The summed E-state index contributed by atoms with van der Waals surface area (Å²) in [5.74, 6) is -0.0555. The Bertz CT molecular complexity index is 1680. The van der Waals surface area contributed by atoms with Gasteiger partial charge in [-0.25, -0.2) is 0 Å². The van der Waals surface area contributed by atoms with Gasteiger partial charge in [0.25, 0.3) is 0 Å². The lowest BCUT2D eigenvalue weighted by Gasteiger charge is -2.28. The lowest BCUT2D eigenvalue weighted by molar-refractivity contribution is -0.116. The zero-order valence-electron chi connectivity index (χ0n) is 22.4. The Kier molecular flexibility index (Phi) is 7.00. The van der Waals surface area contributed by atoms with Gasteiger partial charge in [-0.2, -0.15) is 0 Å². The number of anilines is 1. The average Bonchev–Trinajstić information content (AvgIpc) is 3.47. The van der Waals surface area contributed by atoms with Crippen LogP contribution in [0.5, 0.6) is 0 Å². The molecule has 6 rings (SSSR count). The van der Waals surface area contributed by atoms with Crippen LogP contribution in [0.1, 0.15) is 41.1 Å². The molecule has 7 nitrogen and oxygen atoms in total. The fourth-order valence-corrected chi connectivity index (χ4v) is 6.06. The fraction of sp³-hybridized carbons (Fsp3) is 0.188. The summed E-state index contributed by atoms with van der Waals surface area (Å²) >= 11 is 5.85. The van der Waals surface area contributed by atoms with E-state index in [1.54, 1.807) is 12.4 Å². The molecule has 4 heterocycles. The van der Waals surface area contributed by atoms with E-state index in [2.05, 4.69) is 56.0 Å². The van der Waals surface area contributed by atoms with Crippen LogP contribution in [-0.2, 0) is 4.79 Å². The molecular weight excluding hydrogens is 516 g/mol. The zero-order chi connectivity index (χ0) is 27.6. The smallest absolute Gasteiger partial charge is 0.226 e. The number of fused-ring (bicyclic) bond motifs is 1. The number of hydrogen-bond acceptors (Lipinski definition) is 4. The minimum atomic E-state index is -0.155. The van der Waals surface area contributed by atoms with Crippen LogP contribution in [0, 0.1) is 13.8 Å². The van der Waals surface area contributed by atoms with Crippen molar-refractivity contribution in [2.45, 2.75) is 32.4 Å². The predicted molar refractivity (Wildman–Crippen MR) is 162 cm³/mol. The van der Waals surface area contributed by atoms with Gasteiger partial charge in [0.1, 0.15) is 0 Å². The Balaban J connectivity index is 1.30. The number of nitrogens with one attached hydrogen (secondary N) is 2. The number of carbonyl (C=O) groups excluding carboxylic acids is 1. The van der Waals surface area contributed by atoms with Crippen LogP contribution in [0.4, 0.5) is 5.69 Å². The minimum absolute atomic E-state index is 0.0555. The molecule has 2 unspecified atom stereocenters. The van der Waals surface area contributed by atoms with E-state index < -0.39 is 0 Å². The summed E-state index contributed by atoms with van der Waals surface area (Å²) in [5.41, 5.74) is 6.07. The first-order valence-corrected chi connectivity index (χ1v) is 13.8. The summed E-state index contributed by atoms with van der Waals surface area (Å²) < 4.78 is 2.21. The van der Waals surface area contributed by atoms with Crippen molar-refractivity contribution in [1.82, 2.24) is 24.8 Å². The number of hydrogen-bond donors (Lipinski definition) is 2. The zero-order valence-corrected chi connectivity index (χ0v) is 23.2. The SMILES string of the molecule is Cc1cc(C2C(c3ccccn3)NC(=S)N2CCC(=O)Nc2cccc3ccccc23)c(C)n1-c1cccnc1. The lowest BCUT2D eigenvalue weighted by atomic mass is 9.96. The first-order chi connectivity index (χ1) is 19.5. The van der Waals surface area contributed by atoms with Crippen molar-refractivity contribution in [2.75, 3.05) is 11.9 Å². The Morgan fingerprint density at radius 2 is 1.82 bits per heavy atom. The molecule has 5 aromatic rings. The highest BCUT2D eigenvalue weighted by Gasteiger charge is 2.41. The molecule has 0 saturated carbocycles. The predicted octanol–water partition coefficient (Wildman–Crippen LogP) is 6.04. The van der Waals surface area contributed by atoms with E-state index in [9.17, 15) is 4.79 Å². The van der Waals surface area contributed by atoms with Crippen molar-refractivity contribution in [2.24, 2.45) is 0 Å². The van der Waals surface area contributed by atoms with Crippen LogP contribution in [0.2, 0.25) is 0 Å². The van der Waals surface area contributed by atoms with E-state index >= 15 is 0 Å². The summed E-state index contributed by atoms with van der Waals surface area (Å²) in [6.07, 6.45) is 5.74. The van der Waals surface area contributed by atoms with Crippen LogP contribution in [0.3, 0.4) is 0 Å². The third kappa shape index (κ3) is 4.82. The molecule has 1 aliphatic rings. The van der Waals surface area contributed by atoms with Crippen molar-refractivity contribution in [3.05, 3.63) is 120 Å². The number of aryl methyl sites for hydroxylation is 1. The van der Waals surface area contributed by atoms with Crippen LogP contribution in [0.15, 0.2) is 97.5 Å². The second-order valence-corrected chi connectivity index (χ2v) is 10.4. The number of nitrogens with zero attached hydrogens (tertiary/aromatic N) is 4. The Morgan fingerprint density at radius 3 is 2.62 bits per heavy atom.